The molecule has 154 valence electrons. The molecule has 0 saturated heterocycles. The average Bonchev–Trinajstić information content (AvgIpc) is 3.39. The van der Waals surface area contributed by atoms with Gasteiger partial charge in [0.1, 0.15) is 5.75 Å². The summed E-state index contributed by atoms with van der Waals surface area (Å²) in [6, 6.07) is 12.9. The van der Waals surface area contributed by atoms with Gasteiger partial charge in [-0.25, -0.2) is 0 Å². The maximum absolute atomic E-state index is 12.4. The van der Waals surface area contributed by atoms with Gasteiger partial charge < -0.3 is 19.5 Å². The number of fused-ring (bicyclic) bond motifs is 1. The summed E-state index contributed by atoms with van der Waals surface area (Å²) >= 11 is 1.31. The molecule has 1 aromatic heterocycles. The van der Waals surface area contributed by atoms with Crippen molar-refractivity contribution in [2.24, 2.45) is 0 Å². The van der Waals surface area contributed by atoms with Crippen LogP contribution in [-0.4, -0.2) is 40.3 Å². The monoisotopic (exact) mass is 424 g/mol. The lowest BCUT2D eigenvalue weighted by molar-refractivity contribution is -0.113. The number of allylic oxidation sites excluding steroid dienone is 1. The van der Waals surface area contributed by atoms with Crippen molar-refractivity contribution in [3.05, 3.63) is 55.1 Å². The highest BCUT2D eigenvalue weighted by Crippen LogP contribution is 2.34. The van der Waals surface area contributed by atoms with Crippen LogP contribution >= 0.6 is 11.8 Å². The number of hydrogen-bond acceptors (Lipinski definition) is 7. The van der Waals surface area contributed by atoms with Gasteiger partial charge in [-0.2, -0.15) is 0 Å². The Morgan fingerprint density at radius 1 is 1.23 bits per heavy atom. The van der Waals surface area contributed by atoms with Crippen molar-refractivity contribution in [1.82, 2.24) is 14.8 Å². The molecule has 3 aromatic rings. The summed E-state index contributed by atoms with van der Waals surface area (Å²) in [6.45, 7) is 4.53. The van der Waals surface area contributed by atoms with Crippen molar-refractivity contribution in [2.45, 2.75) is 11.7 Å². The SMILES string of the molecule is C=CCn1c(SCC(=O)Nc2ccc3c(c2)OCO3)nnc1-c1ccc(OC)cc1. The van der Waals surface area contributed by atoms with Gasteiger partial charge in [0.2, 0.25) is 12.7 Å². The number of benzene rings is 2. The molecular formula is C21H20N4O4S. The number of hydrogen-bond donors (Lipinski definition) is 1. The van der Waals surface area contributed by atoms with Crippen molar-refractivity contribution < 1.29 is 19.0 Å². The molecule has 0 radical (unpaired) electrons. The topological polar surface area (TPSA) is 87.5 Å². The summed E-state index contributed by atoms with van der Waals surface area (Å²) in [4.78, 5) is 12.4. The van der Waals surface area contributed by atoms with Crippen molar-refractivity contribution in [3.8, 4) is 28.6 Å². The van der Waals surface area contributed by atoms with Gasteiger partial charge in [0.25, 0.3) is 0 Å². The minimum absolute atomic E-state index is 0.155. The van der Waals surface area contributed by atoms with Crippen LogP contribution in [0.5, 0.6) is 17.2 Å². The van der Waals surface area contributed by atoms with E-state index in [0.29, 0.717) is 34.7 Å². The molecule has 4 rings (SSSR count). The fraction of sp³-hybridized carbons (Fsp3) is 0.190. The summed E-state index contributed by atoms with van der Waals surface area (Å²) in [5.41, 5.74) is 1.55. The van der Waals surface area contributed by atoms with Crippen LogP contribution in [0.25, 0.3) is 11.4 Å². The number of aromatic nitrogens is 3. The molecule has 0 aliphatic carbocycles. The zero-order valence-corrected chi connectivity index (χ0v) is 17.1. The summed E-state index contributed by atoms with van der Waals surface area (Å²) in [6.07, 6.45) is 1.77. The number of rotatable bonds is 8. The molecule has 0 unspecified atom stereocenters. The molecule has 0 fully saturated rings. The number of methoxy groups -OCH3 is 1. The molecule has 8 nitrogen and oxygen atoms in total. The van der Waals surface area contributed by atoms with Crippen LogP contribution in [-0.2, 0) is 11.3 Å². The Hall–Kier alpha value is -3.46. The van der Waals surface area contributed by atoms with Gasteiger partial charge in [0, 0.05) is 23.9 Å². The minimum Gasteiger partial charge on any atom is -0.497 e. The second-order valence-electron chi connectivity index (χ2n) is 6.34. The van der Waals surface area contributed by atoms with Gasteiger partial charge in [-0.3, -0.25) is 9.36 Å². The predicted molar refractivity (Wildman–Crippen MR) is 114 cm³/mol. The zero-order chi connectivity index (χ0) is 20.9. The standard InChI is InChI=1S/C21H20N4O4S/c1-3-10-25-20(14-4-7-16(27-2)8-5-14)23-24-21(25)30-12-19(26)22-15-6-9-17-18(11-15)29-13-28-17/h3-9,11H,1,10,12-13H2,2H3,(H,22,26). The van der Waals surface area contributed by atoms with E-state index >= 15 is 0 Å². The van der Waals surface area contributed by atoms with E-state index < -0.39 is 0 Å². The van der Waals surface area contributed by atoms with Crippen LogP contribution in [0.15, 0.2) is 60.3 Å². The molecule has 9 heteroatoms. The molecule has 1 aliphatic heterocycles. The Morgan fingerprint density at radius 2 is 2.03 bits per heavy atom. The van der Waals surface area contributed by atoms with E-state index in [2.05, 4.69) is 22.1 Å². The van der Waals surface area contributed by atoms with Crippen LogP contribution in [0.1, 0.15) is 0 Å². The normalized spacial score (nSPS) is 11.9. The average molecular weight is 424 g/mol. The second kappa shape index (κ2) is 8.91. The van der Waals surface area contributed by atoms with E-state index in [-0.39, 0.29) is 18.5 Å². The smallest absolute Gasteiger partial charge is 0.234 e. The van der Waals surface area contributed by atoms with E-state index in [4.69, 9.17) is 14.2 Å². The van der Waals surface area contributed by atoms with Gasteiger partial charge in [-0.05, 0) is 36.4 Å². The molecule has 1 aliphatic rings. The van der Waals surface area contributed by atoms with E-state index in [0.717, 1.165) is 11.3 Å². The summed E-state index contributed by atoms with van der Waals surface area (Å²) in [7, 11) is 1.62. The summed E-state index contributed by atoms with van der Waals surface area (Å²) in [5.74, 6) is 2.80. The molecule has 1 N–H and O–H groups in total. The first-order chi connectivity index (χ1) is 14.7. The Balaban J connectivity index is 1.44. The largest absolute Gasteiger partial charge is 0.497 e. The Labute approximate surface area is 177 Å². The van der Waals surface area contributed by atoms with Gasteiger partial charge in [-0.15, -0.1) is 16.8 Å². The third-order valence-electron chi connectivity index (χ3n) is 4.37. The lowest BCUT2D eigenvalue weighted by Gasteiger charge is -2.09. The number of amides is 1. The molecule has 30 heavy (non-hydrogen) atoms. The highest BCUT2D eigenvalue weighted by Gasteiger charge is 2.17. The van der Waals surface area contributed by atoms with Crippen molar-refractivity contribution in [2.75, 3.05) is 25.0 Å². The highest BCUT2D eigenvalue weighted by molar-refractivity contribution is 7.99. The number of nitrogens with one attached hydrogen (secondary N) is 1. The molecular weight excluding hydrogens is 404 g/mol. The maximum atomic E-state index is 12.4. The quantitative estimate of drug-likeness (QED) is 0.437. The fourth-order valence-electron chi connectivity index (χ4n) is 2.94. The van der Waals surface area contributed by atoms with Crippen LogP contribution in [0.4, 0.5) is 5.69 Å². The van der Waals surface area contributed by atoms with Crippen LogP contribution in [0.3, 0.4) is 0 Å². The summed E-state index contributed by atoms with van der Waals surface area (Å²) in [5, 5.41) is 12.1. The first-order valence-corrected chi connectivity index (χ1v) is 10.2. The predicted octanol–water partition coefficient (Wildman–Crippen LogP) is 3.60. The van der Waals surface area contributed by atoms with Gasteiger partial charge >= 0.3 is 0 Å². The highest BCUT2D eigenvalue weighted by atomic mass is 32.2. The van der Waals surface area contributed by atoms with Crippen LogP contribution in [0, 0.1) is 0 Å². The van der Waals surface area contributed by atoms with Crippen molar-refractivity contribution >= 4 is 23.4 Å². The molecule has 0 atom stereocenters. The molecule has 0 bridgehead atoms. The zero-order valence-electron chi connectivity index (χ0n) is 16.3. The van der Waals surface area contributed by atoms with Crippen molar-refractivity contribution in [1.29, 1.82) is 0 Å². The van der Waals surface area contributed by atoms with Gasteiger partial charge in [0.05, 0.1) is 12.9 Å². The van der Waals surface area contributed by atoms with Gasteiger partial charge in [-0.1, -0.05) is 17.8 Å². The fourth-order valence-corrected chi connectivity index (χ4v) is 3.69. The second-order valence-corrected chi connectivity index (χ2v) is 7.28. The number of thioether (sulfide) groups is 1. The lowest BCUT2D eigenvalue weighted by atomic mass is 10.2. The lowest BCUT2D eigenvalue weighted by Crippen LogP contribution is -2.14. The number of nitrogens with zero attached hydrogens (tertiary/aromatic N) is 3. The number of anilines is 1. The third-order valence-corrected chi connectivity index (χ3v) is 5.33. The molecule has 2 aromatic carbocycles. The molecule has 1 amide bonds. The van der Waals surface area contributed by atoms with E-state index in [9.17, 15) is 4.79 Å². The Kier molecular flexibility index (Phi) is 5.89. The number of ether oxygens (including phenoxy) is 3. The Bertz CT molecular complexity index is 1070. The third kappa shape index (κ3) is 4.25. The molecule has 0 saturated carbocycles. The summed E-state index contributed by atoms with van der Waals surface area (Å²) < 4.78 is 17.7. The first kappa shape index (κ1) is 19.8. The minimum atomic E-state index is -0.155. The molecule has 2 heterocycles. The van der Waals surface area contributed by atoms with Gasteiger partial charge in [0.15, 0.2) is 22.5 Å². The van der Waals surface area contributed by atoms with E-state index in [1.54, 1.807) is 31.4 Å². The number of carbonyl (C=O) groups excluding carboxylic acids is 1. The van der Waals surface area contributed by atoms with E-state index in [1.807, 2.05) is 28.8 Å². The molecule has 0 spiro atoms. The van der Waals surface area contributed by atoms with Crippen LogP contribution < -0.4 is 19.5 Å². The van der Waals surface area contributed by atoms with E-state index in [1.165, 1.54) is 11.8 Å². The Morgan fingerprint density at radius 3 is 2.80 bits per heavy atom. The number of carbonyl (C=O) groups is 1. The van der Waals surface area contributed by atoms with Crippen LogP contribution in [0.2, 0.25) is 0 Å². The van der Waals surface area contributed by atoms with Crippen molar-refractivity contribution in [3.63, 3.8) is 0 Å². The first-order valence-electron chi connectivity index (χ1n) is 9.19. The maximum Gasteiger partial charge on any atom is 0.234 e.